The lowest BCUT2D eigenvalue weighted by Gasteiger charge is -2.47. The molecule has 4 rings (SSSR count). The van der Waals surface area contributed by atoms with Crippen LogP contribution in [0.15, 0.2) is 48.5 Å². The van der Waals surface area contributed by atoms with Crippen molar-refractivity contribution in [3.8, 4) is 11.1 Å². The number of benzene rings is 2. The van der Waals surface area contributed by atoms with Crippen molar-refractivity contribution < 1.29 is 18.9 Å². The smallest absolute Gasteiger partial charge is 0.0927 e. The van der Waals surface area contributed by atoms with Crippen LogP contribution in [-0.4, -0.2) is 40.6 Å². The molecule has 2 heterocycles. The highest BCUT2D eigenvalue weighted by atomic mass is 16.5. The summed E-state index contributed by atoms with van der Waals surface area (Å²) in [4.78, 5) is 0. The third kappa shape index (κ3) is 3.40. The molecule has 2 fully saturated rings. The zero-order valence-corrected chi connectivity index (χ0v) is 18.6. The molecule has 0 saturated carbocycles. The lowest BCUT2D eigenvalue weighted by molar-refractivity contribution is -0.184. The Hall–Kier alpha value is -1.72. The quantitative estimate of drug-likeness (QED) is 0.541. The molecule has 0 amide bonds. The number of rotatable bonds is 9. The van der Waals surface area contributed by atoms with Crippen molar-refractivity contribution in [2.45, 2.75) is 38.9 Å². The maximum Gasteiger partial charge on any atom is 0.0927 e. The van der Waals surface area contributed by atoms with Crippen molar-refractivity contribution in [1.29, 1.82) is 0 Å². The van der Waals surface area contributed by atoms with Crippen molar-refractivity contribution in [2.75, 3.05) is 40.6 Å². The Kier molecular flexibility index (Phi) is 6.31. The van der Waals surface area contributed by atoms with Crippen LogP contribution in [0.1, 0.15) is 50.0 Å². The molecule has 0 bridgehead atoms. The first-order chi connectivity index (χ1) is 14.6. The normalized spacial score (nSPS) is 21.3. The molecule has 2 saturated heterocycles. The second-order valence-corrected chi connectivity index (χ2v) is 8.82. The molecule has 2 aromatic carbocycles. The highest BCUT2D eigenvalue weighted by molar-refractivity contribution is 5.72. The van der Waals surface area contributed by atoms with Crippen LogP contribution in [0.4, 0.5) is 0 Å². The maximum atomic E-state index is 6.11. The van der Waals surface area contributed by atoms with Crippen molar-refractivity contribution in [1.82, 2.24) is 0 Å². The van der Waals surface area contributed by atoms with E-state index in [2.05, 4.69) is 62.4 Å². The lowest BCUT2D eigenvalue weighted by Crippen LogP contribution is -2.48. The highest BCUT2D eigenvalue weighted by Gasteiger charge is 2.48. The Labute approximate surface area is 180 Å². The van der Waals surface area contributed by atoms with Gasteiger partial charge >= 0.3 is 0 Å². The maximum absolute atomic E-state index is 6.11. The van der Waals surface area contributed by atoms with Gasteiger partial charge < -0.3 is 18.9 Å². The molecule has 0 N–H and O–H groups in total. The first-order valence-corrected chi connectivity index (χ1v) is 11.0. The van der Waals surface area contributed by atoms with Crippen LogP contribution in [-0.2, 0) is 18.9 Å². The molecule has 162 valence electrons. The van der Waals surface area contributed by atoms with Crippen LogP contribution < -0.4 is 0 Å². The zero-order valence-electron chi connectivity index (χ0n) is 18.6. The molecule has 2 unspecified atom stereocenters. The molecule has 0 radical (unpaired) electrons. The second kappa shape index (κ2) is 8.80. The van der Waals surface area contributed by atoms with Crippen molar-refractivity contribution >= 4 is 0 Å². The first kappa shape index (κ1) is 21.5. The minimum atomic E-state index is -0.00586. The van der Waals surface area contributed by atoms with Gasteiger partial charge in [-0.15, -0.1) is 0 Å². The topological polar surface area (TPSA) is 36.9 Å². The number of hydrogen-bond donors (Lipinski definition) is 0. The Bertz CT molecular complexity index is 771. The van der Waals surface area contributed by atoms with E-state index in [4.69, 9.17) is 18.9 Å². The first-order valence-electron chi connectivity index (χ1n) is 11.0. The zero-order chi connectivity index (χ0) is 21.2. The third-order valence-electron chi connectivity index (χ3n) is 7.33. The summed E-state index contributed by atoms with van der Waals surface area (Å²) >= 11 is 0. The highest BCUT2D eigenvalue weighted by Crippen LogP contribution is 2.51. The molecule has 2 atom stereocenters. The average Bonchev–Trinajstić information content (AvgIpc) is 2.73. The van der Waals surface area contributed by atoms with Gasteiger partial charge in [-0.2, -0.15) is 0 Å². The van der Waals surface area contributed by atoms with Gasteiger partial charge in [0, 0.05) is 25.0 Å². The predicted octanol–water partition coefficient (Wildman–Crippen LogP) is 5.58. The van der Waals surface area contributed by atoms with Crippen LogP contribution in [0, 0.1) is 10.8 Å². The van der Waals surface area contributed by atoms with E-state index in [1.807, 2.05) is 14.2 Å². The Morgan fingerprint density at radius 2 is 1.07 bits per heavy atom. The molecule has 2 aromatic rings. The molecule has 4 heteroatoms. The molecule has 0 spiro atoms. The lowest BCUT2D eigenvalue weighted by atomic mass is 9.71. The summed E-state index contributed by atoms with van der Waals surface area (Å²) < 4.78 is 23.5. The van der Waals surface area contributed by atoms with E-state index in [-0.39, 0.29) is 23.0 Å². The summed E-state index contributed by atoms with van der Waals surface area (Å²) in [5, 5.41) is 0. The summed E-state index contributed by atoms with van der Waals surface area (Å²) in [6, 6.07) is 17.3. The molecule has 2 aliphatic rings. The summed E-state index contributed by atoms with van der Waals surface area (Å²) in [6.07, 6.45) is 2.04. The van der Waals surface area contributed by atoms with Gasteiger partial charge in [-0.3, -0.25) is 0 Å². The van der Waals surface area contributed by atoms with Gasteiger partial charge in [0.15, 0.2) is 0 Å². The fraction of sp³-hybridized carbons (Fsp3) is 0.538. The summed E-state index contributed by atoms with van der Waals surface area (Å²) in [6.45, 7) is 7.44. The fourth-order valence-electron chi connectivity index (χ4n) is 5.17. The largest absolute Gasteiger partial charge is 0.380 e. The number of ether oxygens (including phenoxy) is 4. The summed E-state index contributed by atoms with van der Waals surface area (Å²) in [5.74, 6) is 0. The second-order valence-electron chi connectivity index (χ2n) is 8.82. The van der Waals surface area contributed by atoms with E-state index >= 15 is 0 Å². The molecule has 2 aliphatic heterocycles. The van der Waals surface area contributed by atoms with E-state index in [0.29, 0.717) is 0 Å². The molecule has 0 aliphatic carbocycles. The fourth-order valence-corrected chi connectivity index (χ4v) is 5.17. The Balaban J connectivity index is 1.82. The van der Waals surface area contributed by atoms with E-state index in [1.165, 1.54) is 22.3 Å². The standard InChI is InChI=1S/C26H34O4/c1-5-25(15-29-16-25)23(27-3)21-13-9-7-11-19(21)20-12-8-10-14-22(20)24(28-4)26(6-2)17-30-18-26/h7-14,23-24H,5-6,15-18H2,1-4H3. The van der Waals surface area contributed by atoms with Crippen LogP contribution in [0.25, 0.3) is 11.1 Å². The molecular weight excluding hydrogens is 376 g/mol. The predicted molar refractivity (Wildman–Crippen MR) is 118 cm³/mol. The van der Waals surface area contributed by atoms with Gasteiger partial charge in [0.25, 0.3) is 0 Å². The monoisotopic (exact) mass is 410 g/mol. The van der Waals surface area contributed by atoms with Crippen LogP contribution in [0.2, 0.25) is 0 Å². The van der Waals surface area contributed by atoms with Crippen LogP contribution >= 0.6 is 0 Å². The average molecular weight is 411 g/mol. The molecule has 4 nitrogen and oxygen atoms in total. The van der Waals surface area contributed by atoms with E-state index in [1.54, 1.807) is 0 Å². The minimum absolute atomic E-state index is 0.00586. The van der Waals surface area contributed by atoms with E-state index in [0.717, 1.165) is 39.3 Å². The van der Waals surface area contributed by atoms with Gasteiger partial charge in [0.1, 0.15) is 0 Å². The Morgan fingerprint density at radius 3 is 1.33 bits per heavy atom. The van der Waals surface area contributed by atoms with Gasteiger partial charge in [-0.1, -0.05) is 62.4 Å². The van der Waals surface area contributed by atoms with Gasteiger partial charge in [-0.05, 0) is 35.1 Å². The third-order valence-corrected chi connectivity index (χ3v) is 7.33. The van der Waals surface area contributed by atoms with E-state index < -0.39 is 0 Å². The van der Waals surface area contributed by atoms with Gasteiger partial charge in [0.2, 0.25) is 0 Å². The van der Waals surface area contributed by atoms with Crippen LogP contribution in [0.3, 0.4) is 0 Å². The van der Waals surface area contributed by atoms with E-state index in [9.17, 15) is 0 Å². The molecule has 0 aromatic heterocycles. The summed E-state index contributed by atoms with van der Waals surface area (Å²) in [7, 11) is 3.64. The van der Waals surface area contributed by atoms with Gasteiger partial charge in [0.05, 0.1) is 38.6 Å². The minimum Gasteiger partial charge on any atom is -0.380 e. The van der Waals surface area contributed by atoms with Crippen LogP contribution in [0.5, 0.6) is 0 Å². The van der Waals surface area contributed by atoms with Crippen molar-refractivity contribution in [3.05, 3.63) is 59.7 Å². The van der Waals surface area contributed by atoms with Crippen molar-refractivity contribution in [3.63, 3.8) is 0 Å². The number of methoxy groups -OCH3 is 2. The molecule has 30 heavy (non-hydrogen) atoms. The number of hydrogen-bond acceptors (Lipinski definition) is 4. The summed E-state index contributed by atoms with van der Waals surface area (Å²) in [5.41, 5.74) is 4.95. The van der Waals surface area contributed by atoms with Crippen molar-refractivity contribution in [2.24, 2.45) is 10.8 Å². The van der Waals surface area contributed by atoms with Gasteiger partial charge in [-0.25, -0.2) is 0 Å². The SMILES string of the molecule is CCC1(C(OC)c2ccccc2-c2ccccc2C(OC)C2(CC)COC2)COC1. The Morgan fingerprint density at radius 1 is 0.700 bits per heavy atom. The molecular formula is C26H34O4.